The van der Waals surface area contributed by atoms with Crippen molar-refractivity contribution in [1.82, 2.24) is 4.31 Å². The van der Waals surface area contributed by atoms with E-state index in [1.165, 1.54) is 7.11 Å². The summed E-state index contributed by atoms with van der Waals surface area (Å²) >= 11 is 0. The van der Waals surface area contributed by atoms with Gasteiger partial charge in [0.1, 0.15) is 6.04 Å². The van der Waals surface area contributed by atoms with Gasteiger partial charge >= 0.3 is 5.97 Å². The first-order chi connectivity index (χ1) is 8.48. The van der Waals surface area contributed by atoms with Crippen LogP contribution in [0.1, 0.15) is 32.6 Å². The lowest BCUT2D eigenvalue weighted by Crippen LogP contribution is -2.51. The van der Waals surface area contributed by atoms with Crippen LogP contribution in [0.4, 0.5) is 0 Å². The molecule has 0 N–H and O–H groups in total. The number of carbonyl (C=O) groups is 1. The van der Waals surface area contributed by atoms with Crippen molar-refractivity contribution in [3.63, 3.8) is 0 Å². The molecule has 0 aromatic rings. The van der Waals surface area contributed by atoms with Crippen LogP contribution in [0.3, 0.4) is 0 Å². The van der Waals surface area contributed by atoms with Gasteiger partial charge in [0.05, 0.1) is 13.2 Å². The number of ether oxygens (including phenoxy) is 1. The number of nitriles is 1. The molecule has 2 unspecified atom stereocenters. The molecule has 1 saturated heterocycles. The van der Waals surface area contributed by atoms with Crippen LogP contribution in [0, 0.1) is 11.3 Å². The molecule has 0 amide bonds. The van der Waals surface area contributed by atoms with Crippen LogP contribution in [-0.4, -0.2) is 43.6 Å². The zero-order chi connectivity index (χ0) is 13.8. The van der Waals surface area contributed by atoms with Crippen LogP contribution in [0.25, 0.3) is 0 Å². The van der Waals surface area contributed by atoms with E-state index in [1.807, 2.05) is 0 Å². The molecule has 102 valence electrons. The number of carbonyl (C=O) groups excluding carboxylic acids is 1. The van der Waals surface area contributed by atoms with Crippen molar-refractivity contribution >= 4 is 16.0 Å². The number of esters is 1. The van der Waals surface area contributed by atoms with E-state index >= 15 is 0 Å². The third kappa shape index (κ3) is 2.82. The van der Waals surface area contributed by atoms with E-state index in [1.54, 1.807) is 13.0 Å². The van der Waals surface area contributed by atoms with Gasteiger partial charge in [-0.1, -0.05) is 6.92 Å². The van der Waals surface area contributed by atoms with Gasteiger partial charge in [-0.05, 0) is 25.7 Å². The maximum Gasteiger partial charge on any atom is 0.324 e. The van der Waals surface area contributed by atoms with Crippen LogP contribution in [-0.2, 0) is 19.6 Å². The summed E-state index contributed by atoms with van der Waals surface area (Å²) in [7, 11) is -2.52. The fraction of sp³-hybridized carbons (Fsp3) is 0.818. The molecule has 0 radical (unpaired) electrons. The Balaban J connectivity index is 3.04. The van der Waals surface area contributed by atoms with Crippen molar-refractivity contribution < 1.29 is 17.9 Å². The molecular weight excluding hydrogens is 256 g/mol. The summed E-state index contributed by atoms with van der Waals surface area (Å²) in [5, 5.41) is 7.81. The highest BCUT2D eigenvalue weighted by Crippen LogP contribution is 2.24. The molecular formula is C11H18N2O4S. The number of nitrogens with zero attached hydrogens (tertiary/aromatic N) is 2. The fourth-order valence-corrected chi connectivity index (χ4v) is 3.92. The predicted molar refractivity (Wildman–Crippen MR) is 65.0 cm³/mol. The van der Waals surface area contributed by atoms with Crippen molar-refractivity contribution in [1.29, 1.82) is 5.26 Å². The Kier molecular flexibility index (Phi) is 5.11. The molecule has 0 aliphatic carbocycles. The highest BCUT2D eigenvalue weighted by Gasteiger charge is 2.40. The van der Waals surface area contributed by atoms with Crippen molar-refractivity contribution in [3.8, 4) is 6.07 Å². The lowest BCUT2D eigenvalue weighted by molar-refractivity contribution is -0.146. The van der Waals surface area contributed by atoms with Crippen LogP contribution < -0.4 is 0 Å². The van der Waals surface area contributed by atoms with E-state index in [9.17, 15) is 13.2 Å². The summed E-state index contributed by atoms with van der Waals surface area (Å²) in [4.78, 5) is 11.6. The number of sulfonamides is 1. The Hall–Kier alpha value is -1.13. The molecule has 1 rings (SSSR count). The molecule has 2 atom stereocenters. The van der Waals surface area contributed by atoms with Gasteiger partial charge in [-0.2, -0.15) is 9.57 Å². The Morgan fingerprint density at radius 1 is 1.56 bits per heavy atom. The molecule has 6 nitrogen and oxygen atoms in total. The Labute approximate surface area is 108 Å². The maximum atomic E-state index is 12.3. The average molecular weight is 274 g/mol. The number of hydrogen-bond acceptors (Lipinski definition) is 5. The number of hydrogen-bond donors (Lipinski definition) is 0. The van der Waals surface area contributed by atoms with Crippen LogP contribution in [0.2, 0.25) is 0 Å². The molecule has 1 fully saturated rings. The Bertz CT molecular complexity index is 440. The summed E-state index contributed by atoms with van der Waals surface area (Å²) in [5.41, 5.74) is 0. The summed E-state index contributed by atoms with van der Waals surface area (Å²) in [5.74, 6) is -0.550. The van der Waals surface area contributed by atoms with Gasteiger partial charge in [0, 0.05) is 6.54 Å². The van der Waals surface area contributed by atoms with Gasteiger partial charge in [0.2, 0.25) is 10.0 Å². The molecule has 1 aliphatic rings. The lowest BCUT2D eigenvalue weighted by Gasteiger charge is -2.33. The molecule has 1 heterocycles. The zero-order valence-corrected chi connectivity index (χ0v) is 11.4. The molecule has 0 spiro atoms. The van der Waals surface area contributed by atoms with E-state index in [-0.39, 0.29) is 13.0 Å². The largest absolute Gasteiger partial charge is 0.468 e. The molecule has 0 aromatic heterocycles. The van der Waals surface area contributed by atoms with Crippen molar-refractivity contribution in [2.24, 2.45) is 0 Å². The molecule has 0 saturated carbocycles. The van der Waals surface area contributed by atoms with E-state index in [4.69, 9.17) is 5.26 Å². The Morgan fingerprint density at radius 3 is 2.72 bits per heavy atom. The molecule has 18 heavy (non-hydrogen) atoms. The number of methoxy groups -OCH3 is 1. The topological polar surface area (TPSA) is 87.5 Å². The van der Waals surface area contributed by atoms with E-state index in [0.717, 1.165) is 10.7 Å². The first-order valence-corrected chi connectivity index (χ1v) is 7.47. The first-order valence-electron chi connectivity index (χ1n) is 5.97. The molecule has 0 aromatic carbocycles. The SMILES string of the molecule is CCC(C#N)S(=O)(=O)N1CCCCC1C(=O)OC. The quantitative estimate of drug-likeness (QED) is 0.702. The van der Waals surface area contributed by atoms with Crippen molar-refractivity contribution in [3.05, 3.63) is 0 Å². The minimum atomic E-state index is -3.76. The lowest BCUT2D eigenvalue weighted by atomic mass is 10.1. The second-order valence-electron chi connectivity index (χ2n) is 4.22. The second kappa shape index (κ2) is 6.16. The zero-order valence-electron chi connectivity index (χ0n) is 10.6. The van der Waals surface area contributed by atoms with Gasteiger partial charge in [0.25, 0.3) is 0 Å². The van der Waals surface area contributed by atoms with Gasteiger partial charge in [-0.15, -0.1) is 0 Å². The first kappa shape index (κ1) is 14.9. The number of rotatable bonds is 4. The Morgan fingerprint density at radius 2 is 2.22 bits per heavy atom. The van der Waals surface area contributed by atoms with Gasteiger partial charge in [-0.25, -0.2) is 8.42 Å². The van der Waals surface area contributed by atoms with Gasteiger partial charge in [-0.3, -0.25) is 4.79 Å². The maximum absolute atomic E-state index is 12.3. The third-order valence-electron chi connectivity index (χ3n) is 3.13. The normalized spacial score (nSPS) is 23.1. The van der Waals surface area contributed by atoms with Crippen LogP contribution in [0.5, 0.6) is 0 Å². The smallest absolute Gasteiger partial charge is 0.324 e. The third-order valence-corrected chi connectivity index (χ3v) is 5.38. The van der Waals surface area contributed by atoms with E-state index < -0.39 is 27.3 Å². The van der Waals surface area contributed by atoms with Gasteiger partial charge in [0.15, 0.2) is 5.25 Å². The molecule has 0 bridgehead atoms. The minimum absolute atomic E-state index is 0.212. The van der Waals surface area contributed by atoms with Crippen LogP contribution >= 0.6 is 0 Å². The summed E-state index contributed by atoms with van der Waals surface area (Å²) in [6.07, 6.45) is 2.15. The van der Waals surface area contributed by atoms with Crippen LogP contribution in [0.15, 0.2) is 0 Å². The molecule has 7 heteroatoms. The predicted octanol–water partition coefficient (Wildman–Crippen LogP) is 0.646. The molecule has 1 aliphatic heterocycles. The monoisotopic (exact) mass is 274 g/mol. The summed E-state index contributed by atoms with van der Waals surface area (Å²) in [6.45, 7) is 1.92. The van der Waals surface area contributed by atoms with E-state index in [0.29, 0.717) is 12.8 Å². The average Bonchev–Trinajstić information content (AvgIpc) is 2.39. The highest BCUT2D eigenvalue weighted by molar-refractivity contribution is 7.90. The van der Waals surface area contributed by atoms with Gasteiger partial charge < -0.3 is 4.74 Å². The highest BCUT2D eigenvalue weighted by atomic mass is 32.2. The minimum Gasteiger partial charge on any atom is -0.468 e. The van der Waals surface area contributed by atoms with E-state index in [2.05, 4.69) is 4.74 Å². The summed E-state index contributed by atoms with van der Waals surface area (Å²) < 4.78 is 30.3. The number of piperidine rings is 1. The van der Waals surface area contributed by atoms with Crippen molar-refractivity contribution in [2.75, 3.05) is 13.7 Å². The summed E-state index contributed by atoms with van der Waals surface area (Å²) in [6, 6.07) is 1.00. The van der Waals surface area contributed by atoms with Crippen molar-refractivity contribution in [2.45, 2.75) is 43.9 Å². The second-order valence-corrected chi connectivity index (χ2v) is 6.28. The standard InChI is InChI=1S/C11H18N2O4S/c1-3-9(8-12)18(15,16)13-7-5-4-6-10(13)11(14)17-2/h9-10H,3-7H2,1-2H3. The fourth-order valence-electron chi connectivity index (χ4n) is 2.11.